The van der Waals surface area contributed by atoms with E-state index in [0.717, 1.165) is 43.6 Å². The van der Waals surface area contributed by atoms with E-state index in [1.54, 1.807) is 0 Å². The normalized spacial score (nSPS) is 12.4. The SMILES string of the molecule is CCS(=O)CCCCCCCC(=O)OC. The van der Waals surface area contributed by atoms with E-state index in [1.165, 1.54) is 7.11 Å². The smallest absolute Gasteiger partial charge is 0.305 e. The summed E-state index contributed by atoms with van der Waals surface area (Å²) in [5.74, 6) is 1.47. The summed E-state index contributed by atoms with van der Waals surface area (Å²) in [6.07, 6.45) is 5.78. The van der Waals surface area contributed by atoms with Crippen LogP contribution < -0.4 is 0 Å². The van der Waals surface area contributed by atoms with Gasteiger partial charge in [-0.05, 0) is 12.8 Å². The minimum atomic E-state index is -0.617. The van der Waals surface area contributed by atoms with Crippen LogP contribution in [0.3, 0.4) is 0 Å². The number of rotatable bonds is 9. The van der Waals surface area contributed by atoms with Gasteiger partial charge in [-0.1, -0.05) is 26.2 Å². The molecule has 4 heteroatoms. The summed E-state index contributed by atoms with van der Waals surface area (Å²) in [5.41, 5.74) is 0. The van der Waals surface area contributed by atoms with Gasteiger partial charge in [0.05, 0.1) is 7.11 Å². The maximum Gasteiger partial charge on any atom is 0.305 e. The number of carbonyl (C=O) groups excluding carboxylic acids is 1. The van der Waals surface area contributed by atoms with Crippen molar-refractivity contribution in [2.45, 2.75) is 45.4 Å². The van der Waals surface area contributed by atoms with Crippen molar-refractivity contribution < 1.29 is 13.7 Å². The van der Waals surface area contributed by atoms with Crippen molar-refractivity contribution in [3.05, 3.63) is 0 Å². The lowest BCUT2D eigenvalue weighted by molar-refractivity contribution is -0.140. The van der Waals surface area contributed by atoms with Gasteiger partial charge in [0.25, 0.3) is 0 Å². The Morgan fingerprint density at radius 2 is 1.73 bits per heavy atom. The number of carbonyl (C=O) groups is 1. The van der Waals surface area contributed by atoms with Crippen molar-refractivity contribution in [3.8, 4) is 0 Å². The quantitative estimate of drug-likeness (QED) is 0.454. The van der Waals surface area contributed by atoms with E-state index in [2.05, 4.69) is 4.74 Å². The van der Waals surface area contributed by atoms with Crippen LogP contribution in [0.5, 0.6) is 0 Å². The zero-order valence-corrected chi connectivity index (χ0v) is 10.6. The van der Waals surface area contributed by atoms with E-state index < -0.39 is 10.8 Å². The summed E-state index contributed by atoms with van der Waals surface area (Å²) in [5, 5.41) is 0. The number of esters is 1. The van der Waals surface area contributed by atoms with Crippen LogP contribution in [0.1, 0.15) is 45.4 Å². The lowest BCUT2D eigenvalue weighted by atomic mass is 10.1. The highest BCUT2D eigenvalue weighted by Crippen LogP contribution is 2.06. The maximum atomic E-state index is 11.1. The lowest BCUT2D eigenvalue weighted by Gasteiger charge is -2.01. The highest BCUT2D eigenvalue weighted by atomic mass is 32.2. The molecule has 0 radical (unpaired) electrons. The summed E-state index contributed by atoms with van der Waals surface area (Å²) in [7, 11) is 0.802. The summed E-state index contributed by atoms with van der Waals surface area (Å²) < 4.78 is 15.6. The standard InChI is InChI=1S/C11H22O3S/c1-3-15(13)10-8-6-4-5-7-9-11(12)14-2/h3-10H2,1-2H3. The molecule has 0 aliphatic rings. The molecule has 0 heterocycles. The van der Waals surface area contributed by atoms with E-state index in [0.29, 0.717) is 6.42 Å². The van der Waals surface area contributed by atoms with E-state index in [4.69, 9.17) is 0 Å². The van der Waals surface area contributed by atoms with Gasteiger partial charge in [-0.15, -0.1) is 0 Å². The Morgan fingerprint density at radius 3 is 2.33 bits per heavy atom. The van der Waals surface area contributed by atoms with Gasteiger partial charge in [0.2, 0.25) is 0 Å². The van der Waals surface area contributed by atoms with E-state index in [-0.39, 0.29) is 5.97 Å². The second kappa shape index (κ2) is 10.1. The van der Waals surface area contributed by atoms with Gasteiger partial charge >= 0.3 is 5.97 Å². The van der Waals surface area contributed by atoms with Crippen molar-refractivity contribution in [2.75, 3.05) is 18.6 Å². The fraction of sp³-hybridized carbons (Fsp3) is 0.909. The minimum absolute atomic E-state index is 0.123. The molecule has 3 nitrogen and oxygen atoms in total. The molecule has 0 amide bonds. The molecule has 0 saturated carbocycles. The molecule has 0 saturated heterocycles. The Morgan fingerprint density at radius 1 is 1.13 bits per heavy atom. The van der Waals surface area contributed by atoms with Crippen LogP contribution in [-0.2, 0) is 20.3 Å². The Hall–Kier alpha value is -0.380. The first-order chi connectivity index (χ1) is 7.20. The zero-order valence-electron chi connectivity index (χ0n) is 9.79. The molecule has 1 unspecified atom stereocenters. The van der Waals surface area contributed by atoms with Crippen molar-refractivity contribution in [1.82, 2.24) is 0 Å². The second-order valence-corrected chi connectivity index (χ2v) is 5.39. The molecule has 0 bridgehead atoms. The average Bonchev–Trinajstić information content (AvgIpc) is 2.26. The van der Waals surface area contributed by atoms with Crippen LogP contribution >= 0.6 is 0 Å². The fourth-order valence-electron chi connectivity index (χ4n) is 1.31. The van der Waals surface area contributed by atoms with E-state index >= 15 is 0 Å². The molecule has 90 valence electrons. The molecule has 1 atom stereocenters. The molecule has 0 N–H and O–H groups in total. The molecule has 0 aliphatic carbocycles. The number of hydrogen-bond acceptors (Lipinski definition) is 3. The van der Waals surface area contributed by atoms with Gasteiger partial charge in [-0.2, -0.15) is 0 Å². The predicted octanol–water partition coefficient (Wildman–Crippen LogP) is 2.27. The zero-order chi connectivity index (χ0) is 11.5. The van der Waals surface area contributed by atoms with Crippen LogP contribution in [0.25, 0.3) is 0 Å². The number of methoxy groups -OCH3 is 1. The molecule has 0 fully saturated rings. The van der Waals surface area contributed by atoms with Crippen LogP contribution in [0, 0.1) is 0 Å². The number of unbranched alkanes of at least 4 members (excludes halogenated alkanes) is 4. The molecular formula is C11H22O3S. The van der Waals surface area contributed by atoms with Gasteiger partial charge in [-0.25, -0.2) is 0 Å². The van der Waals surface area contributed by atoms with Crippen LogP contribution in [0.4, 0.5) is 0 Å². The summed E-state index contributed by atoms with van der Waals surface area (Å²) in [4.78, 5) is 10.8. The summed E-state index contributed by atoms with van der Waals surface area (Å²) in [6, 6.07) is 0. The van der Waals surface area contributed by atoms with Crippen molar-refractivity contribution in [1.29, 1.82) is 0 Å². The van der Waals surface area contributed by atoms with Gasteiger partial charge in [0, 0.05) is 28.7 Å². The maximum absolute atomic E-state index is 11.1. The Kier molecular flexibility index (Phi) is 9.89. The molecular weight excluding hydrogens is 212 g/mol. The third kappa shape index (κ3) is 9.91. The van der Waals surface area contributed by atoms with Gasteiger partial charge in [0.1, 0.15) is 0 Å². The Bertz CT molecular complexity index is 172. The topological polar surface area (TPSA) is 43.4 Å². The Labute approximate surface area is 95.0 Å². The second-order valence-electron chi connectivity index (χ2n) is 3.53. The molecule has 0 aliphatic heterocycles. The molecule has 0 aromatic carbocycles. The number of ether oxygens (including phenoxy) is 1. The molecule has 0 aromatic heterocycles. The summed E-state index contributed by atoms with van der Waals surface area (Å²) in [6.45, 7) is 1.95. The number of hydrogen-bond donors (Lipinski definition) is 0. The predicted molar refractivity (Wildman–Crippen MR) is 63.3 cm³/mol. The average molecular weight is 234 g/mol. The highest BCUT2D eigenvalue weighted by Gasteiger charge is 1.99. The largest absolute Gasteiger partial charge is 0.469 e. The van der Waals surface area contributed by atoms with E-state index in [1.807, 2.05) is 6.92 Å². The summed E-state index contributed by atoms with van der Waals surface area (Å²) >= 11 is 0. The highest BCUT2D eigenvalue weighted by molar-refractivity contribution is 7.84. The third-order valence-corrected chi connectivity index (χ3v) is 3.69. The molecule has 0 aromatic rings. The first-order valence-corrected chi connectivity index (χ1v) is 7.11. The van der Waals surface area contributed by atoms with Crippen LogP contribution in [-0.4, -0.2) is 28.8 Å². The van der Waals surface area contributed by atoms with Crippen molar-refractivity contribution in [3.63, 3.8) is 0 Å². The first-order valence-electron chi connectivity index (χ1n) is 5.62. The fourth-order valence-corrected chi connectivity index (χ4v) is 2.12. The van der Waals surface area contributed by atoms with Gasteiger partial charge < -0.3 is 4.74 Å². The minimum Gasteiger partial charge on any atom is -0.469 e. The monoisotopic (exact) mass is 234 g/mol. The van der Waals surface area contributed by atoms with Crippen LogP contribution in [0.2, 0.25) is 0 Å². The van der Waals surface area contributed by atoms with Gasteiger partial charge in [-0.3, -0.25) is 9.00 Å². The lowest BCUT2D eigenvalue weighted by Crippen LogP contribution is -2.00. The van der Waals surface area contributed by atoms with Gasteiger partial charge in [0.15, 0.2) is 0 Å². The third-order valence-electron chi connectivity index (χ3n) is 2.30. The van der Waals surface area contributed by atoms with E-state index in [9.17, 15) is 9.00 Å². The first kappa shape index (κ1) is 14.6. The van der Waals surface area contributed by atoms with Crippen molar-refractivity contribution >= 4 is 16.8 Å². The molecule has 0 rings (SSSR count). The molecule has 0 spiro atoms. The van der Waals surface area contributed by atoms with Crippen molar-refractivity contribution in [2.24, 2.45) is 0 Å². The molecule has 15 heavy (non-hydrogen) atoms. The Balaban J connectivity index is 3.11. The van der Waals surface area contributed by atoms with Crippen LogP contribution in [0.15, 0.2) is 0 Å².